The highest BCUT2D eigenvalue weighted by Crippen LogP contribution is 2.28. The van der Waals surface area contributed by atoms with Crippen LogP contribution in [0.25, 0.3) is 6.08 Å². The Morgan fingerprint density at radius 1 is 0.854 bits per heavy atom. The first-order valence-electron chi connectivity index (χ1n) is 12.7. The van der Waals surface area contributed by atoms with E-state index in [1.807, 2.05) is 19.1 Å². The van der Waals surface area contributed by atoms with E-state index in [1.54, 1.807) is 73.7 Å². The van der Waals surface area contributed by atoms with E-state index >= 15 is 0 Å². The molecule has 9 heteroatoms. The van der Waals surface area contributed by atoms with Crippen molar-refractivity contribution in [1.29, 1.82) is 0 Å². The monoisotopic (exact) mass is 587 g/mol. The lowest BCUT2D eigenvalue weighted by Gasteiger charge is -2.14. The minimum Gasteiger partial charge on any atom is -0.325 e. The molecule has 0 aliphatic rings. The van der Waals surface area contributed by atoms with E-state index in [9.17, 15) is 18.8 Å². The lowest BCUT2D eigenvalue weighted by Crippen LogP contribution is -2.30. The Morgan fingerprint density at radius 3 is 2.29 bits per heavy atom. The molecule has 0 heterocycles. The van der Waals surface area contributed by atoms with E-state index in [-0.39, 0.29) is 17.2 Å². The number of carbonyl (C=O) groups is 3. The molecule has 41 heavy (non-hydrogen) atoms. The minimum atomic E-state index is -0.637. The van der Waals surface area contributed by atoms with E-state index in [0.29, 0.717) is 22.0 Å². The van der Waals surface area contributed by atoms with Gasteiger partial charge < -0.3 is 16.0 Å². The topological polar surface area (TPSA) is 87.3 Å². The molecule has 4 rings (SSSR count). The van der Waals surface area contributed by atoms with Crippen LogP contribution in [0.5, 0.6) is 0 Å². The van der Waals surface area contributed by atoms with Crippen molar-refractivity contribution in [3.05, 3.63) is 130 Å². The molecule has 4 aromatic carbocycles. The van der Waals surface area contributed by atoms with Crippen LogP contribution in [0.15, 0.2) is 108 Å². The Morgan fingerprint density at radius 2 is 1.56 bits per heavy atom. The molecule has 0 saturated heterocycles. The van der Waals surface area contributed by atoms with Gasteiger partial charge in [-0.1, -0.05) is 60.1 Å². The summed E-state index contributed by atoms with van der Waals surface area (Å²) >= 11 is 7.47. The molecular formula is C32H27ClFN3O3S. The average Bonchev–Trinajstić information content (AvgIpc) is 2.96. The Labute approximate surface area is 247 Å². The van der Waals surface area contributed by atoms with Crippen molar-refractivity contribution in [1.82, 2.24) is 5.32 Å². The molecule has 1 unspecified atom stereocenters. The number of aryl methyl sites for hydroxylation is 1. The largest absolute Gasteiger partial charge is 0.325 e. The quantitative estimate of drug-likeness (QED) is 0.141. The zero-order chi connectivity index (χ0) is 29.4. The minimum absolute atomic E-state index is 0.133. The van der Waals surface area contributed by atoms with Crippen LogP contribution in [0.3, 0.4) is 0 Å². The Balaban J connectivity index is 1.48. The number of benzene rings is 4. The van der Waals surface area contributed by atoms with E-state index in [0.717, 1.165) is 10.5 Å². The van der Waals surface area contributed by atoms with Gasteiger partial charge in [0.25, 0.3) is 11.8 Å². The number of amides is 3. The van der Waals surface area contributed by atoms with Crippen molar-refractivity contribution in [2.24, 2.45) is 0 Å². The van der Waals surface area contributed by atoms with Crippen molar-refractivity contribution in [2.75, 3.05) is 10.6 Å². The summed E-state index contributed by atoms with van der Waals surface area (Å²) in [6, 6.07) is 26.6. The smallest absolute Gasteiger partial charge is 0.272 e. The van der Waals surface area contributed by atoms with Crippen LogP contribution in [-0.2, 0) is 9.59 Å². The molecule has 0 saturated carbocycles. The van der Waals surface area contributed by atoms with Crippen molar-refractivity contribution < 1.29 is 18.8 Å². The summed E-state index contributed by atoms with van der Waals surface area (Å²) in [6.07, 6.45) is 1.29. The van der Waals surface area contributed by atoms with E-state index in [1.165, 1.54) is 36.0 Å². The summed E-state index contributed by atoms with van der Waals surface area (Å²) in [4.78, 5) is 39.6. The molecule has 3 N–H and O–H groups in total. The maximum atomic E-state index is 14.4. The summed E-state index contributed by atoms with van der Waals surface area (Å²) in [7, 11) is 0. The third-order valence-corrected chi connectivity index (χ3v) is 7.45. The maximum Gasteiger partial charge on any atom is 0.272 e. The fourth-order valence-electron chi connectivity index (χ4n) is 3.71. The molecule has 1 atom stereocenters. The van der Waals surface area contributed by atoms with Gasteiger partial charge in [-0.3, -0.25) is 14.4 Å². The lowest BCUT2D eigenvalue weighted by molar-refractivity contribution is -0.115. The molecule has 0 bridgehead atoms. The van der Waals surface area contributed by atoms with Gasteiger partial charge in [-0.25, -0.2) is 4.39 Å². The van der Waals surface area contributed by atoms with Crippen LogP contribution >= 0.6 is 23.4 Å². The predicted molar refractivity (Wildman–Crippen MR) is 163 cm³/mol. The highest BCUT2D eigenvalue weighted by atomic mass is 35.5. The Hall–Kier alpha value is -4.40. The number of nitrogens with one attached hydrogen (secondary N) is 3. The van der Waals surface area contributed by atoms with Gasteiger partial charge in [-0.05, 0) is 74.0 Å². The van der Waals surface area contributed by atoms with Crippen LogP contribution in [0.2, 0.25) is 5.02 Å². The maximum absolute atomic E-state index is 14.4. The van der Waals surface area contributed by atoms with Gasteiger partial charge in [0, 0.05) is 32.4 Å². The second-order valence-electron chi connectivity index (χ2n) is 9.09. The molecule has 0 fully saturated rings. The summed E-state index contributed by atoms with van der Waals surface area (Å²) in [5, 5.41) is 8.32. The van der Waals surface area contributed by atoms with Gasteiger partial charge in [0.1, 0.15) is 11.5 Å². The third-order valence-electron chi connectivity index (χ3n) is 5.95. The summed E-state index contributed by atoms with van der Waals surface area (Å²) in [6.45, 7) is 3.66. The van der Waals surface area contributed by atoms with E-state index < -0.39 is 22.9 Å². The molecule has 0 aliphatic heterocycles. The van der Waals surface area contributed by atoms with Crippen LogP contribution in [0, 0.1) is 12.7 Å². The van der Waals surface area contributed by atoms with Crippen molar-refractivity contribution in [3.8, 4) is 0 Å². The third kappa shape index (κ3) is 8.30. The highest BCUT2D eigenvalue weighted by molar-refractivity contribution is 8.00. The van der Waals surface area contributed by atoms with E-state index in [4.69, 9.17) is 11.6 Å². The fourth-order valence-corrected chi connectivity index (χ4v) is 4.81. The number of halogens is 2. The molecule has 0 radical (unpaired) electrons. The Kier molecular flexibility index (Phi) is 9.95. The predicted octanol–water partition coefficient (Wildman–Crippen LogP) is 7.32. The molecule has 0 aliphatic carbocycles. The highest BCUT2D eigenvalue weighted by Gasteiger charge is 2.18. The molecular weight excluding hydrogens is 561 g/mol. The zero-order valence-corrected chi connectivity index (χ0v) is 23.9. The second kappa shape index (κ2) is 13.8. The number of anilines is 2. The van der Waals surface area contributed by atoms with Crippen molar-refractivity contribution in [3.63, 3.8) is 0 Å². The molecule has 208 valence electrons. The molecule has 4 aromatic rings. The van der Waals surface area contributed by atoms with Crippen LogP contribution in [0.4, 0.5) is 15.8 Å². The second-order valence-corrected chi connectivity index (χ2v) is 10.9. The van der Waals surface area contributed by atoms with Gasteiger partial charge in [0.15, 0.2) is 0 Å². The van der Waals surface area contributed by atoms with Crippen molar-refractivity contribution in [2.45, 2.75) is 24.0 Å². The zero-order valence-electron chi connectivity index (χ0n) is 22.3. The summed E-state index contributed by atoms with van der Waals surface area (Å²) in [5.74, 6) is -1.89. The van der Waals surface area contributed by atoms with Gasteiger partial charge in [0.05, 0.1) is 5.25 Å². The van der Waals surface area contributed by atoms with Gasteiger partial charge in [-0.2, -0.15) is 0 Å². The van der Waals surface area contributed by atoms with Gasteiger partial charge in [-0.15, -0.1) is 11.8 Å². The van der Waals surface area contributed by atoms with Crippen LogP contribution < -0.4 is 16.0 Å². The van der Waals surface area contributed by atoms with Gasteiger partial charge in [0.2, 0.25) is 5.91 Å². The number of carbonyl (C=O) groups excluding carboxylic acids is 3. The van der Waals surface area contributed by atoms with Crippen LogP contribution in [-0.4, -0.2) is 23.0 Å². The number of hydrogen-bond acceptors (Lipinski definition) is 4. The molecule has 0 spiro atoms. The Bertz CT molecular complexity index is 1610. The number of hydrogen-bond donors (Lipinski definition) is 3. The number of thioether (sulfide) groups is 1. The molecule has 0 aromatic heterocycles. The molecule has 6 nitrogen and oxygen atoms in total. The average molecular weight is 588 g/mol. The normalized spacial score (nSPS) is 11.9. The first-order chi connectivity index (χ1) is 19.7. The lowest BCUT2D eigenvalue weighted by atomic mass is 10.1. The number of rotatable bonds is 9. The fraction of sp³-hybridized carbons (Fsp3) is 0.0938. The first-order valence-corrected chi connectivity index (χ1v) is 13.9. The first kappa shape index (κ1) is 29.6. The summed E-state index contributed by atoms with van der Waals surface area (Å²) < 4.78 is 14.4. The SMILES string of the molecule is Cc1ccc(NC(=O)C(C)Sc2cccc(NC(=O)/C(=C/c3ccccc3F)NC(=O)c3ccccc3)c2)cc1Cl. The van der Waals surface area contributed by atoms with Crippen LogP contribution in [0.1, 0.15) is 28.4 Å². The van der Waals surface area contributed by atoms with Crippen molar-refractivity contribution >= 4 is 58.5 Å². The standard InChI is InChI=1S/C32H27ClFN3O3S/c1-20-15-16-25(19-27(20)33)35-30(38)21(2)41-26-13-8-12-24(18-26)36-32(40)29(17-23-11-6-7-14-28(23)34)37-31(39)22-9-4-3-5-10-22/h3-19,21H,1-2H3,(H,35,38)(H,36,40)(H,37,39)/b29-17-. The summed E-state index contributed by atoms with van der Waals surface area (Å²) in [5.41, 5.74) is 2.31. The van der Waals surface area contributed by atoms with E-state index in [2.05, 4.69) is 16.0 Å². The van der Waals surface area contributed by atoms with Gasteiger partial charge >= 0.3 is 0 Å². The molecule has 3 amide bonds.